The molecule has 0 amide bonds. The van der Waals surface area contributed by atoms with Crippen LogP contribution in [0.1, 0.15) is 41.0 Å². The SMILES string of the molecule is COC(=O)C1(C)CC(C)(C)N(C2OC(CO)C3OC(C)(C)OC32)O1. The van der Waals surface area contributed by atoms with Crippen LogP contribution in [0, 0.1) is 0 Å². The quantitative estimate of drug-likeness (QED) is 0.743. The van der Waals surface area contributed by atoms with Crippen molar-refractivity contribution in [3.05, 3.63) is 0 Å². The number of methoxy groups -OCH3 is 1. The molecule has 3 aliphatic rings. The number of hydroxylamine groups is 2. The van der Waals surface area contributed by atoms with Crippen molar-refractivity contribution in [2.24, 2.45) is 0 Å². The van der Waals surface area contributed by atoms with Gasteiger partial charge in [-0.15, -0.1) is 0 Å². The average Bonchev–Trinajstić information content (AvgIpc) is 3.04. The standard InChI is InChI=1S/C16H27NO7/c1-14(2)8-16(5,13(19)20-6)24-17(14)12-11-10(9(7-18)21-12)22-15(3,4)23-11/h9-12,18H,7-8H2,1-6H3. The Balaban J connectivity index is 1.87. The summed E-state index contributed by atoms with van der Waals surface area (Å²) in [6, 6.07) is 0. The zero-order valence-corrected chi connectivity index (χ0v) is 15.1. The van der Waals surface area contributed by atoms with Crippen LogP contribution in [0.15, 0.2) is 0 Å². The molecule has 0 saturated carbocycles. The number of aliphatic hydroxyl groups is 1. The molecule has 3 aliphatic heterocycles. The van der Waals surface area contributed by atoms with Crippen LogP contribution in [0.4, 0.5) is 0 Å². The number of fused-ring (bicyclic) bond motifs is 1. The number of hydrogen-bond acceptors (Lipinski definition) is 8. The fourth-order valence-corrected chi connectivity index (χ4v) is 3.99. The van der Waals surface area contributed by atoms with E-state index in [1.807, 2.05) is 27.7 Å². The summed E-state index contributed by atoms with van der Waals surface area (Å²) in [5.74, 6) is -1.20. The molecular formula is C16H27NO7. The molecule has 24 heavy (non-hydrogen) atoms. The third-order valence-electron chi connectivity index (χ3n) is 4.82. The predicted molar refractivity (Wildman–Crippen MR) is 81.6 cm³/mol. The monoisotopic (exact) mass is 345 g/mol. The van der Waals surface area contributed by atoms with Gasteiger partial charge in [0.25, 0.3) is 0 Å². The number of ether oxygens (including phenoxy) is 4. The van der Waals surface area contributed by atoms with Gasteiger partial charge in [0.05, 0.1) is 13.7 Å². The predicted octanol–water partition coefficient (Wildman–Crippen LogP) is 0.571. The lowest BCUT2D eigenvalue weighted by atomic mass is 9.89. The van der Waals surface area contributed by atoms with Gasteiger partial charge in [-0.05, 0) is 34.6 Å². The molecule has 3 heterocycles. The molecule has 3 saturated heterocycles. The summed E-state index contributed by atoms with van der Waals surface area (Å²) < 4.78 is 22.7. The number of nitrogens with zero attached hydrogens (tertiary/aromatic N) is 1. The third kappa shape index (κ3) is 2.75. The maximum absolute atomic E-state index is 12.1. The molecule has 3 rings (SSSR count). The summed E-state index contributed by atoms with van der Waals surface area (Å²) in [7, 11) is 1.34. The number of esters is 1. The molecule has 5 atom stereocenters. The highest BCUT2D eigenvalue weighted by atomic mass is 16.8. The van der Waals surface area contributed by atoms with E-state index in [0.717, 1.165) is 0 Å². The lowest BCUT2D eigenvalue weighted by molar-refractivity contribution is -0.309. The zero-order chi connectivity index (χ0) is 17.9. The van der Waals surface area contributed by atoms with Gasteiger partial charge in [0.2, 0.25) is 0 Å². The molecule has 0 spiro atoms. The molecule has 0 radical (unpaired) electrons. The average molecular weight is 345 g/mol. The van der Waals surface area contributed by atoms with Crippen LogP contribution in [0.2, 0.25) is 0 Å². The highest BCUT2D eigenvalue weighted by Gasteiger charge is 2.63. The number of hydrogen-bond donors (Lipinski definition) is 1. The van der Waals surface area contributed by atoms with Gasteiger partial charge in [0.15, 0.2) is 17.6 Å². The Morgan fingerprint density at radius 3 is 2.42 bits per heavy atom. The highest BCUT2D eigenvalue weighted by molar-refractivity contribution is 5.79. The van der Waals surface area contributed by atoms with Gasteiger partial charge in [-0.1, -0.05) is 0 Å². The summed E-state index contributed by atoms with van der Waals surface area (Å²) in [6.07, 6.45) is -1.46. The molecule has 0 aromatic heterocycles. The number of aliphatic hydroxyl groups excluding tert-OH is 1. The normalized spacial score (nSPS) is 43.8. The minimum Gasteiger partial charge on any atom is -0.467 e. The van der Waals surface area contributed by atoms with Crippen molar-refractivity contribution in [3.63, 3.8) is 0 Å². The topological polar surface area (TPSA) is 86.7 Å². The second-order valence-corrected chi connectivity index (χ2v) is 7.94. The van der Waals surface area contributed by atoms with Gasteiger partial charge < -0.3 is 24.1 Å². The number of carbonyl (C=O) groups excluding carboxylic acids is 1. The second kappa shape index (κ2) is 5.62. The Morgan fingerprint density at radius 2 is 1.83 bits per heavy atom. The highest BCUT2D eigenvalue weighted by Crippen LogP contribution is 2.46. The van der Waals surface area contributed by atoms with E-state index in [0.29, 0.717) is 6.42 Å². The molecule has 0 bridgehead atoms. The summed E-state index contributed by atoms with van der Waals surface area (Å²) in [5.41, 5.74) is -1.58. The first-order valence-corrected chi connectivity index (χ1v) is 8.22. The van der Waals surface area contributed by atoms with E-state index in [-0.39, 0.29) is 12.7 Å². The Morgan fingerprint density at radius 1 is 1.21 bits per heavy atom. The molecule has 8 heteroatoms. The first kappa shape index (κ1) is 18.0. The van der Waals surface area contributed by atoms with Gasteiger partial charge in [-0.2, -0.15) is 5.06 Å². The maximum Gasteiger partial charge on any atom is 0.340 e. The van der Waals surface area contributed by atoms with Crippen LogP contribution < -0.4 is 0 Å². The van der Waals surface area contributed by atoms with E-state index in [9.17, 15) is 9.90 Å². The first-order chi connectivity index (χ1) is 11.0. The van der Waals surface area contributed by atoms with Crippen LogP contribution in [0.25, 0.3) is 0 Å². The van der Waals surface area contributed by atoms with Crippen LogP contribution in [0.3, 0.4) is 0 Å². The molecule has 0 aromatic rings. The third-order valence-corrected chi connectivity index (χ3v) is 4.82. The van der Waals surface area contributed by atoms with E-state index >= 15 is 0 Å². The molecule has 1 N–H and O–H groups in total. The van der Waals surface area contributed by atoms with Gasteiger partial charge >= 0.3 is 5.97 Å². The summed E-state index contributed by atoms with van der Waals surface area (Å²) in [6.45, 7) is 9.10. The van der Waals surface area contributed by atoms with Gasteiger partial charge in [-0.25, -0.2) is 4.79 Å². The number of rotatable bonds is 3. The van der Waals surface area contributed by atoms with E-state index < -0.39 is 41.3 Å². The van der Waals surface area contributed by atoms with E-state index in [4.69, 9.17) is 23.8 Å². The molecule has 0 aliphatic carbocycles. The van der Waals surface area contributed by atoms with Crippen molar-refractivity contribution < 1.29 is 33.7 Å². The van der Waals surface area contributed by atoms with Crippen LogP contribution in [-0.2, 0) is 28.6 Å². The van der Waals surface area contributed by atoms with E-state index in [2.05, 4.69) is 0 Å². The van der Waals surface area contributed by atoms with E-state index in [1.165, 1.54) is 7.11 Å². The lowest BCUT2D eigenvalue weighted by Gasteiger charge is -2.36. The van der Waals surface area contributed by atoms with Crippen LogP contribution >= 0.6 is 0 Å². The first-order valence-electron chi connectivity index (χ1n) is 8.22. The fraction of sp³-hybridized carbons (Fsp3) is 0.938. The zero-order valence-electron chi connectivity index (χ0n) is 15.1. The minimum atomic E-state index is -1.09. The Labute approximate surface area is 141 Å². The van der Waals surface area contributed by atoms with Crippen molar-refractivity contribution in [1.82, 2.24) is 5.06 Å². The summed E-state index contributed by atoms with van der Waals surface area (Å²) >= 11 is 0. The largest absolute Gasteiger partial charge is 0.467 e. The van der Waals surface area contributed by atoms with Crippen molar-refractivity contribution >= 4 is 5.97 Å². The van der Waals surface area contributed by atoms with E-state index in [1.54, 1.807) is 12.0 Å². The molecule has 8 nitrogen and oxygen atoms in total. The van der Waals surface area contributed by atoms with Crippen molar-refractivity contribution in [2.45, 2.75) is 82.5 Å². The molecule has 3 fully saturated rings. The van der Waals surface area contributed by atoms with Gasteiger partial charge in [0.1, 0.15) is 18.3 Å². The Kier molecular flexibility index (Phi) is 4.22. The van der Waals surface area contributed by atoms with Crippen molar-refractivity contribution in [2.75, 3.05) is 13.7 Å². The maximum atomic E-state index is 12.1. The van der Waals surface area contributed by atoms with Gasteiger partial charge in [-0.3, -0.25) is 4.84 Å². The minimum absolute atomic E-state index is 0.181. The smallest absolute Gasteiger partial charge is 0.340 e. The van der Waals surface area contributed by atoms with Crippen molar-refractivity contribution in [1.29, 1.82) is 0 Å². The summed E-state index contributed by atoms with van der Waals surface area (Å²) in [5, 5.41) is 11.3. The summed E-state index contributed by atoms with van der Waals surface area (Å²) in [4.78, 5) is 18.1. The van der Waals surface area contributed by atoms with Gasteiger partial charge in [0, 0.05) is 12.0 Å². The molecule has 0 aromatic carbocycles. The second-order valence-electron chi connectivity index (χ2n) is 7.94. The number of carbonyl (C=O) groups is 1. The molecule has 138 valence electrons. The molecular weight excluding hydrogens is 318 g/mol. The lowest BCUT2D eigenvalue weighted by Crippen LogP contribution is -2.50. The van der Waals surface area contributed by atoms with Crippen LogP contribution in [-0.4, -0.2) is 71.3 Å². The Bertz CT molecular complexity index is 523. The van der Waals surface area contributed by atoms with Crippen LogP contribution in [0.5, 0.6) is 0 Å². The molecule has 5 unspecified atom stereocenters. The fourth-order valence-electron chi connectivity index (χ4n) is 3.99. The van der Waals surface area contributed by atoms with Crippen molar-refractivity contribution in [3.8, 4) is 0 Å². The Hall–Kier alpha value is -0.770.